The zero-order chi connectivity index (χ0) is 16.4. The van der Waals surface area contributed by atoms with E-state index in [0.717, 1.165) is 11.3 Å². The first-order valence-corrected chi connectivity index (χ1v) is 7.82. The topological polar surface area (TPSA) is 47.6 Å². The Kier molecular flexibility index (Phi) is 4.18. The van der Waals surface area contributed by atoms with Gasteiger partial charge in [-0.05, 0) is 49.7 Å². The van der Waals surface area contributed by atoms with Gasteiger partial charge in [0.15, 0.2) is 11.5 Å². The Morgan fingerprint density at radius 2 is 1.83 bits per heavy atom. The average molecular weight is 332 g/mol. The van der Waals surface area contributed by atoms with Crippen LogP contribution in [0.2, 0.25) is 5.02 Å². The lowest BCUT2D eigenvalue weighted by atomic mass is 9.93. The highest BCUT2D eigenvalue weighted by molar-refractivity contribution is 6.30. The number of nitrogens with one attached hydrogen (secondary N) is 1. The third-order valence-corrected chi connectivity index (χ3v) is 4.01. The molecule has 2 aromatic rings. The van der Waals surface area contributed by atoms with Gasteiger partial charge in [-0.25, -0.2) is 0 Å². The zero-order valence-corrected chi connectivity index (χ0v) is 13.8. The van der Waals surface area contributed by atoms with Gasteiger partial charge in [-0.2, -0.15) is 0 Å². The van der Waals surface area contributed by atoms with Gasteiger partial charge in [0.25, 0.3) is 5.91 Å². The van der Waals surface area contributed by atoms with E-state index in [9.17, 15) is 4.79 Å². The fraction of sp³-hybridized carbons (Fsp3) is 0.278. The van der Waals surface area contributed by atoms with Crippen LogP contribution >= 0.6 is 11.6 Å². The largest absolute Gasteiger partial charge is 0.486 e. The summed E-state index contributed by atoms with van der Waals surface area (Å²) >= 11 is 5.95. The second kappa shape index (κ2) is 6.13. The lowest BCUT2D eigenvalue weighted by molar-refractivity contribution is 0.0911. The molecule has 3 rings (SSSR count). The molecule has 5 heteroatoms. The van der Waals surface area contributed by atoms with Crippen LogP contribution < -0.4 is 14.8 Å². The molecule has 0 atom stereocenters. The van der Waals surface area contributed by atoms with Crippen molar-refractivity contribution < 1.29 is 14.3 Å². The van der Waals surface area contributed by atoms with Crippen molar-refractivity contribution in [2.75, 3.05) is 13.2 Å². The summed E-state index contributed by atoms with van der Waals surface area (Å²) in [5.41, 5.74) is 0.912. The minimum absolute atomic E-state index is 0.174. The van der Waals surface area contributed by atoms with Crippen LogP contribution in [0.1, 0.15) is 29.8 Å². The highest BCUT2D eigenvalue weighted by Crippen LogP contribution is 2.34. The van der Waals surface area contributed by atoms with E-state index < -0.39 is 5.54 Å². The van der Waals surface area contributed by atoms with Crippen molar-refractivity contribution >= 4 is 17.5 Å². The normalized spacial score (nSPS) is 13.5. The number of ether oxygens (including phenoxy) is 2. The predicted molar refractivity (Wildman–Crippen MR) is 89.4 cm³/mol. The molecule has 0 fully saturated rings. The SMILES string of the molecule is CC(C)(NC(=O)c1cccc(Cl)c1)c1ccc2c(c1)OCCO2. The zero-order valence-electron chi connectivity index (χ0n) is 13.1. The smallest absolute Gasteiger partial charge is 0.252 e. The Morgan fingerprint density at radius 1 is 1.09 bits per heavy atom. The first-order valence-electron chi connectivity index (χ1n) is 7.44. The van der Waals surface area contributed by atoms with Crippen molar-refractivity contribution in [2.45, 2.75) is 19.4 Å². The minimum atomic E-state index is -0.560. The summed E-state index contributed by atoms with van der Waals surface area (Å²) in [7, 11) is 0. The lowest BCUT2D eigenvalue weighted by Crippen LogP contribution is -2.41. The van der Waals surface area contributed by atoms with E-state index in [2.05, 4.69) is 5.32 Å². The number of hydrogen-bond donors (Lipinski definition) is 1. The molecule has 1 aliphatic rings. The van der Waals surface area contributed by atoms with Gasteiger partial charge >= 0.3 is 0 Å². The van der Waals surface area contributed by atoms with E-state index in [0.29, 0.717) is 29.5 Å². The molecule has 0 aliphatic carbocycles. The van der Waals surface area contributed by atoms with Gasteiger partial charge in [0.05, 0.1) is 5.54 Å². The van der Waals surface area contributed by atoms with Crippen molar-refractivity contribution in [3.8, 4) is 11.5 Å². The molecule has 0 radical (unpaired) electrons. The molecule has 0 unspecified atom stereocenters. The first kappa shape index (κ1) is 15.7. The fourth-order valence-electron chi connectivity index (χ4n) is 2.49. The maximum atomic E-state index is 12.4. The molecule has 0 spiro atoms. The molecule has 1 aliphatic heterocycles. The molecule has 1 heterocycles. The Labute approximate surface area is 140 Å². The molecule has 120 valence electrons. The number of fused-ring (bicyclic) bond motifs is 1. The highest BCUT2D eigenvalue weighted by Gasteiger charge is 2.25. The Morgan fingerprint density at radius 3 is 2.57 bits per heavy atom. The van der Waals surface area contributed by atoms with Gasteiger partial charge in [-0.3, -0.25) is 4.79 Å². The van der Waals surface area contributed by atoms with E-state index in [1.165, 1.54) is 0 Å². The van der Waals surface area contributed by atoms with Crippen molar-refractivity contribution in [3.05, 3.63) is 58.6 Å². The van der Waals surface area contributed by atoms with Crippen LogP contribution in [0.4, 0.5) is 0 Å². The van der Waals surface area contributed by atoms with Gasteiger partial charge in [0.2, 0.25) is 0 Å². The number of amides is 1. The second-order valence-electron chi connectivity index (χ2n) is 5.95. The van der Waals surface area contributed by atoms with E-state index in [1.807, 2.05) is 32.0 Å². The fourth-order valence-corrected chi connectivity index (χ4v) is 2.68. The summed E-state index contributed by atoms with van der Waals surface area (Å²) in [5.74, 6) is 1.27. The number of carbonyl (C=O) groups excluding carboxylic acids is 1. The standard InChI is InChI=1S/C18H18ClNO3/c1-18(2,20-17(21)12-4-3-5-14(19)10-12)13-6-7-15-16(11-13)23-9-8-22-15/h3-7,10-11H,8-9H2,1-2H3,(H,20,21). The molecule has 1 N–H and O–H groups in total. The predicted octanol–water partition coefficient (Wildman–Crippen LogP) is 3.78. The van der Waals surface area contributed by atoms with Crippen LogP contribution in [0.3, 0.4) is 0 Å². The number of rotatable bonds is 3. The molecule has 0 bridgehead atoms. The van der Waals surface area contributed by atoms with Crippen LogP contribution in [0, 0.1) is 0 Å². The van der Waals surface area contributed by atoms with Crippen molar-refractivity contribution in [1.82, 2.24) is 5.32 Å². The summed E-state index contributed by atoms with van der Waals surface area (Å²) < 4.78 is 11.1. The molecular weight excluding hydrogens is 314 g/mol. The van der Waals surface area contributed by atoms with E-state index >= 15 is 0 Å². The number of benzene rings is 2. The molecule has 0 saturated carbocycles. The number of hydrogen-bond acceptors (Lipinski definition) is 3. The highest BCUT2D eigenvalue weighted by atomic mass is 35.5. The Balaban J connectivity index is 1.82. The van der Waals surface area contributed by atoms with Crippen LogP contribution in [0.5, 0.6) is 11.5 Å². The van der Waals surface area contributed by atoms with E-state index in [1.54, 1.807) is 24.3 Å². The van der Waals surface area contributed by atoms with E-state index in [-0.39, 0.29) is 5.91 Å². The third kappa shape index (κ3) is 3.42. The first-order chi connectivity index (χ1) is 11.0. The number of carbonyl (C=O) groups is 1. The molecular formula is C18H18ClNO3. The van der Waals surface area contributed by atoms with Gasteiger partial charge in [-0.15, -0.1) is 0 Å². The molecule has 1 amide bonds. The maximum absolute atomic E-state index is 12.4. The summed E-state index contributed by atoms with van der Waals surface area (Å²) in [6.45, 7) is 4.98. The summed E-state index contributed by atoms with van der Waals surface area (Å²) in [5, 5.41) is 3.57. The van der Waals surface area contributed by atoms with Crippen LogP contribution in [-0.4, -0.2) is 19.1 Å². The molecule has 0 aromatic heterocycles. The maximum Gasteiger partial charge on any atom is 0.252 e. The number of halogens is 1. The van der Waals surface area contributed by atoms with Crippen molar-refractivity contribution in [3.63, 3.8) is 0 Å². The molecule has 4 nitrogen and oxygen atoms in total. The van der Waals surface area contributed by atoms with Gasteiger partial charge in [0, 0.05) is 10.6 Å². The second-order valence-corrected chi connectivity index (χ2v) is 6.38. The van der Waals surface area contributed by atoms with Crippen molar-refractivity contribution in [2.24, 2.45) is 0 Å². The van der Waals surface area contributed by atoms with Crippen LogP contribution in [0.15, 0.2) is 42.5 Å². The monoisotopic (exact) mass is 331 g/mol. The van der Waals surface area contributed by atoms with Crippen molar-refractivity contribution in [1.29, 1.82) is 0 Å². The molecule has 23 heavy (non-hydrogen) atoms. The summed E-state index contributed by atoms with van der Waals surface area (Å²) in [6.07, 6.45) is 0. The summed E-state index contributed by atoms with van der Waals surface area (Å²) in [6, 6.07) is 12.6. The summed E-state index contributed by atoms with van der Waals surface area (Å²) in [4.78, 5) is 12.4. The van der Waals surface area contributed by atoms with E-state index in [4.69, 9.17) is 21.1 Å². The third-order valence-electron chi connectivity index (χ3n) is 3.78. The Bertz CT molecular complexity index is 743. The molecule has 2 aromatic carbocycles. The minimum Gasteiger partial charge on any atom is -0.486 e. The molecule has 0 saturated heterocycles. The van der Waals surface area contributed by atoms with Gasteiger partial charge in [0.1, 0.15) is 13.2 Å². The van der Waals surface area contributed by atoms with Crippen LogP contribution in [0.25, 0.3) is 0 Å². The quantitative estimate of drug-likeness (QED) is 0.931. The lowest BCUT2D eigenvalue weighted by Gasteiger charge is -2.28. The van der Waals surface area contributed by atoms with Gasteiger partial charge < -0.3 is 14.8 Å². The Hall–Kier alpha value is -2.20. The average Bonchev–Trinajstić information content (AvgIpc) is 2.54. The van der Waals surface area contributed by atoms with Crippen LogP contribution in [-0.2, 0) is 5.54 Å². The van der Waals surface area contributed by atoms with Gasteiger partial charge in [-0.1, -0.05) is 23.7 Å².